The number of rotatable bonds is 5. The van der Waals surface area contributed by atoms with Gasteiger partial charge in [-0.15, -0.1) is 0 Å². The zero-order chi connectivity index (χ0) is 15.4. The van der Waals surface area contributed by atoms with E-state index in [4.69, 9.17) is 0 Å². The predicted octanol–water partition coefficient (Wildman–Crippen LogP) is 1.82. The second-order valence-electron chi connectivity index (χ2n) is 5.11. The molecule has 6 heteroatoms. The Morgan fingerprint density at radius 1 is 1.32 bits per heavy atom. The molecule has 0 fully saturated rings. The highest BCUT2D eigenvalue weighted by Crippen LogP contribution is 2.22. The standard InChI is InChI=1S/C16H19N5O/c1-17-16(22)19-7-9-21-11-13(10-20-8-6-18-12-20)14-4-2-3-5-15(14)21/h2-6,8,11-12H,7,9-10H2,1H3,(H2,17,19,22). The lowest BCUT2D eigenvalue weighted by molar-refractivity contribution is 0.242. The van der Waals surface area contributed by atoms with E-state index >= 15 is 0 Å². The Balaban J connectivity index is 1.82. The number of benzene rings is 1. The number of imidazole rings is 1. The molecule has 2 amide bonds. The number of carbonyl (C=O) groups excluding carboxylic acids is 1. The molecule has 1 aromatic carbocycles. The number of hydrogen-bond donors (Lipinski definition) is 2. The molecule has 6 nitrogen and oxygen atoms in total. The second-order valence-corrected chi connectivity index (χ2v) is 5.11. The number of amides is 2. The van der Waals surface area contributed by atoms with Gasteiger partial charge in [-0.1, -0.05) is 18.2 Å². The molecule has 0 radical (unpaired) electrons. The number of nitrogens with zero attached hydrogens (tertiary/aromatic N) is 3. The Labute approximate surface area is 128 Å². The van der Waals surface area contributed by atoms with E-state index in [-0.39, 0.29) is 6.03 Å². The summed E-state index contributed by atoms with van der Waals surface area (Å²) < 4.78 is 4.23. The summed E-state index contributed by atoms with van der Waals surface area (Å²) in [6.07, 6.45) is 7.71. The maximum atomic E-state index is 11.2. The number of para-hydroxylation sites is 1. The lowest BCUT2D eigenvalue weighted by atomic mass is 10.2. The van der Waals surface area contributed by atoms with E-state index in [9.17, 15) is 4.79 Å². The first-order valence-corrected chi connectivity index (χ1v) is 7.26. The third-order valence-corrected chi connectivity index (χ3v) is 3.65. The summed E-state index contributed by atoms with van der Waals surface area (Å²) in [7, 11) is 1.61. The third kappa shape index (κ3) is 2.95. The van der Waals surface area contributed by atoms with Crippen LogP contribution in [0.3, 0.4) is 0 Å². The fourth-order valence-electron chi connectivity index (χ4n) is 2.59. The van der Waals surface area contributed by atoms with Gasteiger partial charge in [0.2, 0.25) is 0 Å². The zero-order valence-electron chi connectivity index (χ0n) is 12.5. The summed E-state index contributed by atoms with van der Waals surface area (Å²) in [5.74, 6) is 0. The number of nitrogens with one attached hydrogen (secondary N) is 2. The third-order valence-electron chi connectivity index (χ3n) is 3.65. The van der Waals surface area contributed by atoms with Gasteiger partial charge in [0.1, 0.15) is 0 Å². The average Bonchev–Trinajstić information content (AvgIpc) is 3.17. The van der Waals surface area contributed by atoms with E-state index in [1.807, 2.05) is 24.7 Å². The maximum Gasteiger partial charge on any atom is 0.314 e. The first kappa shape index (κ1) is 14.2. The molecule has 2 N–H and O–H groups in total. The highest BCUT2D eigenvalue weighted by Gasteiger charge is 2.08. The van der Waals surface area contributed by atoms with Crippen LogP contribution >= 0.6 is 0 Å². The van der Waals surface area contributed by atoms with Crippen LogP contribution in [0.1, 0.15) is 5.56 Å². The summed E-state index contributed by atoms with van der Waals surface area (Å²) in [5, 5.41) is 6.60. The van der Waals surface area contributed by atoms with Gasteiger partial charge in [0.25, 0.3) is 0 Å². The number of aromatic nitrogens is 3. The van der Waals surface area contributed by atoms with Crippen molar-refractivity contribution in [2.24, 2.45) is 0 Å². The molecule has 0 unspecified atom stereocenters. The van der Waals surface area contributed by atoms with E-state index in [0.29, 0.717) is 6.54 Å². The largest absolute Gasteiger partial charge is 0.345 e. The molecule has 0 aliphatic rings. The van der Waals surface area contributed by atoms with Gasteiger partial charge in [-0.25, -0.2) is 9.78 Å². The first-order valence-electron chi connectivity index (χ1n) is 7.26. The average molecular weight is 297 g/mol. The van der Waals surface area contributed by atoms with Crippen molar-refractivity contribution in [3.8, 4) is 0 Å². The van der Waals surface area contributed by atoms with Gasteiger partial charge >= 0.3 is 6.03 Å². The van der Waals surface area contributed by atoms with Crippen molar-refractivity contribution < 1.29 is 4.79 Å². The maximum absolute atomic E-state index is 11.2. The van der Waals surface area contributed by atoms with Crippen LogP contribution in [0.4, 0.5) is 4.79 Å². The quantitative estimate of drug-likeness (QED) is 0.754. The Hall–Kier alpha value is -2.76. The van der Waals surface area contributed by atoms with E-state index < -0.39 is 0 Å². The molecule has 2 aromatic heterocycles. The van der Waals surface area contributed by atoms with Crippen LogP contribution in [0.2, 0.25) is 0 Å². The van der Waals surface area contributed by atoms with Crippen molar-refractivity contribution in [2.75, 3.05) is 13.6 Å². The molecule has 114 valence electrons. The lowest BCUT2D eigenvalue weighted by Crippen LogP contribution is -2.34. The molecule has 3 aromatic rings. The normalized spacial score (nSPS) is 10.8. The van der Waals surface area contributed by atoms with Crippen molar-refractivity contribution in [1.82, 2.24) is 24.8 Å². The van der Waals surface area contributed by atoms with E-state index in [1.54, 1.807) is 13.2 Å². The highest BCUT2D eigenvalue weighted by molar-refractivity contribution is 5.84. The van der Waals surface area contributed by atoms with Crippen LogP contribution in [-0.4, -0.2) is 33.7 Å². The molecule has 22 heavy (non-hydrogen) atoms. The first-order chi connectivity index (χ1) is 10.8. The molecular weight excluding hydrogens is 278 g/mol. The summed E-state index contributed by atoms with van der Waals surface area (Å²) in [5.41, 5.74) is 2.42. The van der Waals surface area contributed by atoms with Crippen LogP contribution in [-0.2, 0) is 13.1 Å². The molecule has 2 heterocycles. The molecule has 0 atom stereocenters. The molecule has 0 aliphatic heterocycles. The Morgan fingerprint density at radius 3 is 2.95 bits per heavy atom. The fourth-order valence-corrected chi connectivity index (χ4v) is 2.59. The van der Waals surface area contributed by atoms with Crippen LogP contribution in [0.25, 0.3) is 10.9 Å². The molecule has 3 rings (SSSR count). The minimum Gasteiger partial charge on any atom is -0.345 e. The van der Waals surface area contributed by atoms with Gasteiger partial charge in [-0.3, -0.25) is 0 Å². The molecule has 0 saturated carbocycles. The summed E-state index contributed by atoms with van der Waals surface area (Å²) in [6, 6.07) is 8.16. The Morgan fingerprint density at radius 2 is 2.18 bits per heavy atom. The lowest BCUT2D eigenvalue weighted by Gasteiger charge is -2.06. The Bertz CT molecular complexity index is 760. The number of carbonyl (C=O) groups is 1. The van der Waals surface area contributed by atoms with Crippen LogP contribution in [0.5, 0.6) is 0 Å². The summed E-state index contributed by atoms with van der Waals surface area (Å²) in [4.78, 5) is 15.3. The topological polar surface area (TPSA) is 63.9 Å². The predicted molar refractivity (Wildman–Crippen MR) is 85.7 cm³/mol. The zero-order valence-corrected chi connectivity index (χ0v) is 12.5. The SMILES string of the molecule is CNC(=O)NCCn1cc(Cn2ccnc2)c2ccccc21. The van der Waals surface area contributed by atoms with Crippen molar-refractivity contribution in [2.45, 2.75) is 13.1 Å². The summed E-state index contributed by atoms with van der Waals surface area (Å²) in [6.45, 7) is 2.11. The molecule has 0 spiro atoms. The monoisotopic (exact) mass is 297 g/mol. The van der Waals surface area contributed by atoms with Gasteiger partial charge in [0.15, 0.2) is 0 Å². The number of urea groups is 1. The van der Waals surface area contributed by atoms with Crippen molar-refractivity contribution in [3.05, 3.63) is 54.7 Å². The van der Waals surface area contributed by atoms with Gasteiger partial charge < -0.3 is 19.8 Å². The van der Waals surface area contributed by atoms with Gasteiger partial charge in [-0.05, 0) is 11.6 Å². The van der Waals surface area contributed by atoms with E-state index in [0.717, 1.165) is 13.1 Å². The van der Waals surface area contributed by atoms with Gasteiger partial charge in [0, 0.05) is 49.6 Å². The highest BCUT2D eigenvalue weighted by atomic mass is 16.2. The fraction of sp³-hybridized carbons (Fsp3) is 0.250. The van der Waals surface area contributed by atoms with Gasteiger partial charge in [0.05, 0.1) is 12.9 Å². The molecule has 0 saturated heterocycles. The van der Waals surface area contributed by atoms with Crippen molar-refractivity contribution >= 4 is 16.9 Å². The Kier molecular flexibility index (Phi) is 4.09. The van der Waals surface area contributed by atoms with E-state index in [1.165, 1.54) is 16.5 Å². The number of fused-ring (bicyclic) bond motifs is 1. The minimum absolute atomic E-state index is 0.157. The van der Waals surface area contributed by atoms with Crippen LogP contribution in [0, 0.1) is 0 Å². The van der Waals surface area contributed by atoms with Crippen molar-refractivity contribution in [3.63, 3.8) is 0 Å². The van der Waals surface area contributed by atoms with Gasteiger partial charge in [-0.2, -0.15) is 0 Å². The van der Waals surface area contributed by atoms with Crippen LogP contribution < -0.4 is 10.6 Å². The van der Waals surface area contributed by atoms with E-state index in [2.05, 4.69) is 43.1 Å². The number of hydrogen-bond acceptors (Lipinski definition) is 2. The minimum atomic E-state index is -0.157. The molecular formula is C16H19N5O. The molecule has 0 bridgehead atoms. The smallest absolute Gasteiger partial charge is 0.314 e. The summed E-state index contributed by atoms with van der Waals surface area (Å²) >= 11 is 0. The molecule has 0 aliphatic carbocycles. The van der Waals surface area contributed by atoms with Crippen molar-refractivity contribution in [1.29, 1.82) is 0 Å². The van der Waals surface area contributed by atoms with Crippen LogP contribution in [0.15, 0.2) is 49.2 Å². The second kappa shape index (κ2) is 6.34.